The number of hydrogen-bond donors (Lipinski definition) is 2. The van der Waals surface area contributed by atoms with E-state index in [-0.39, 0.29) is 11.9 Å². The molecule has 1 atom stereocenters. The number of hydrogen-bond acceptors (Lipinski definition) is 3. The quantitative estimate of drug-likeness (QED) is 0.580. The van der Waals surface area contributed by atoms with Crippen LogP contribution < -0.4 is 5.73 Å². The highest BCUT2D eigenvalue weighted by molar-refractivity contribution is 5.83. The van der Waals surface area contributed by atoms with Crippen LogP contribution in [0.1, 0.15) is 20.3 Å². The molecule has 0 aromatic rings. The zero-order valence-corrected chi connectivity index (χ0v) is 7.58. The molecule has 0 bridgehead atoms. The van der Waals surface area contributed by atoms with Crippen LogP contribution in [0.15, 0.2) is 0 Å². The molecule has 1 heterocycles. The van der Waals surface area contributed by atoms with E-state index in [1.165, 1.54) is 0 Å². The Balaban J connectivity index is 2.50. The molecule has 0 aliphatic carbocycles. The van der Waals surface area contributed by atoms with E-state index in [4.69, 9.17) is 5.73 Å². The number of amides is 1. The summed E-state index contributed by atoms with van der Waals surface area (Å²) >= 11 is 0. The molecule has 1 rings (SSSR count). The van der Waals surface area contributed by atoms with E-state index in [1.807, 2.05) is 0 Å². The Hall–Kier alpha value is -0.610. The van der Waals surface area contributed by atoms with Crippen molar-refractivity contribution in [2.45, 2.75) is 31.9 Å². The second kappa shape index (κ2) is 3.03. The lowest BCUT2D eigenvalue weighted by Crippen LogP contribution is -2.42. The molecular weight excluding hydrogens is 156 g/mol. The third kappa shape index (κ3) is 2.19. The fraction of sp³-hybridized carbons (Fsp3) is 0.875. The van der Waals surface area contributed by atoms with E-state index < -0.39 is 5.60 Å². The van der Waals surface area contributed by atoms with Crippen LogP contribution in [0, 0.1) is 0 Å². The van der Waals surface area contributed by atoms with Crippen LogP contribution in [-0.4, -0.2) is 40.6 Å². The minimum absolute atomic E-state index is 0.0443. The van der Waals surface area contributed by atoms with Gasteiger partial charge in [0.2, 0.25) is 5.91 Å². The summed E-state index contributed by atoms with van der Waals surface area (Å²) in [5, 5.41) is 9.45. The highest BCUT2D eigenvalue weighted by Crippen LogP contribution is 2.13. The van der Waals surface area contributed by atoms with Crippen LogP contribution in [0.3, 0.4) is 0 Å². The summed E-state index contributed by atoms with van der Waals surface area (Å²) in [5.74, 6) is -0.0443. The summed E-state index contributed by atoms with van der Waals surface area (Å²) in [6.07, 6.45) is 0.703. The van der Waals surface area contributed by atoms with Gasteiger partial charge in [0, 0.05) is 13.1 Å². The van der Waals surface area contributed by atoms with Gasteiger partial charge in [0.25, 0.3) is 0 Å². The normalized spacial score (nSPS) is 25.2. The zero-order valence-electron chi connectivity index (χ0n) is 7.58. The molecule has 1 saturated heterocycles. The summed E-state index contributed by atoms with van der Waals surface area (Å²) in [6.45, 7) is 4.41. The molecule has 1 aliphatic heterocycles. The zero-order chi connectivity index (χ0) is 9.35. The van der Waals surface area contributed by atoms with Gasteiger partial charge in [-0.2, -0.15) is 0 Å². The van der Waals surface area contributed by atoms with Crippen molar-refractivity contribution in [3.8, 4) is 0 Å². The minimum Gasteiger partial charge on any atom is -0.389 e. The Bertz CT molecular complexity index is 186. The first-order valence-corrected chi connectivity index (χ1v) is 4.17. The fourth-order valence-corrected chi connectivity index (χ4v) is 1.39. The highest BCUT2D eigenvalue weighted by atomic mass is 16.3. The summed E-state index contributed by atoms with van der Waals surface area (Å²) < 4.78 is 0. The summed E-state index contributed by atoms with van der Waals surface area (Å²) in [5.41, 5.74) is 4.69. The van der Waals surface area contributed by atoms with Crippen LogP contribution >= 0.6 is 0 Å². The predicted molar refractivity (Wildman–Crippen MR) is 45.5 cm³/mol. The summed E-state index contributed by atoms with van der Waals surface area (Å²) in [7, 11) is 0. The second-order valence-electron chi connectivity index (χ2n) is 3.97. The van der Waals surface area contributed by atoms with E-state index in [0.717, 1.165) is 0 Å². The maximum atomic E-state index is 11.3. The van der Waals surface area contributed by atoms with Crippen molar-refractivity contribution in [1.82, 2.24) is 4.90 Å². The van der Waals surface area contributed by atoms with Crippen molar-refractivity contribution < 1.29 is 9.90 Å². The first-order chi connectivity index (χ1) is 5.40. The average Bonchev–Trinajstić information content (AvgIpc) is 2.16. The van der Waals surface area contributed by atoms with Gasteiger partial charge in [-0.1, -0.05) is 0 Å². The molecule has 0 spiro atoms. The Morgan fingerprint density at radius 2 is 2.33 bits per heavy atom. The van der Waals surface area contributed by atoms with Crippen LogP contribution in [-0.2, 0) is 4.79 Å². The Kier molecular flexibility index (Phi) is 2.39. The lowest BCUT2D eigenvalue weighted by molar-refractivity contribution is -0.131. The van der Waals surface area contributed by atoms with E-state index in [2.05, 4.69) is 0 Å². The van der Waals surface area contributed by atoms with Crippen LogP contribution in [0.2, 0.25) is 0 Å². The van der Waals surface area contributed by atoms with Crippen LogP contribution in [0.25, 0.3) is 0 Å². The van der Waals surface area contributed by atoms with Crippen molar-refractivity contribution in [3.05, 3.63) is 0 Å². The smallest absolute Gasteiger partial charge is 0.239 e. The minimum atomic E-state index is -0.820. The summed E-state index contributed by atoms with van der Waals surface area (Å²) in [4.78, 5) is 12.9. The van der Waals surface area contributed by atoms with Gasteiger partial charge in [-0.3, -0.25) is 4.79 Å². The monoisotopic (exact) mass is 172 g/mol. The van der Waals surface area contributed by atoms with Gasteiger partial charge in [-0.05, 0) is 20.3 Å². The maximum Gasteiger partial charge on any atom is 0.239 e. The third-order valence-corrected chi connectivity index (χ3v) is 1.92. The van der Waals surface area contributed by atoms with E-state index in [9.17, 15) is 9.90 Å². The lowest BCUT2D eigenvalue weighted by Gasteiger charge is -2.25. The molecule has 0 saturated carbocycles. The molecule has 1 amide bonds. The van der Waals surface area contributed by atoms with Gasteiger partial charge >= 0.3 is 0 Å². The molecule has 0 aromatic carbocycles. The summed E-state index contributed by atoms with van der Waals surface area (Å²) in [6, 6.07) is -0.354. The first-order valence-electron chi connectivity index (χ1n) is 4.17. The number of aliphatic hydroxyl groups is 1. The second-order valence-corrected chi connectivity index (χ2v) is 3.97. The molecule has 4 nitrogen and oxygen atoms in total. The van der Waals surface area contributed by atoms with E-state index in [0.29, 0.717) is 19.5 Å². The molecule has 1 unspecified atom stereocenters. The van der Waals surface area contributed by atoms with Crippen molar-refractivity contribution in [2.24, 2.45) is 5.73 Å². The topological polar surface area (TPSA) is 66.6 Å². The number of rotatable bonds is 2. The van der Waals surface area contributed by atoms with Crippen molar-refractivity contribution in [2.75, 3.05) is 13.1 Å². The number of nitrogens with two attached hydrogens (primary N) is 1. The van der Waals surface area contributed by atoms with E-state index in [1.54, 1.807) is 18.7 Å². The fourth-order valence-electron chi connectivity index (χ4n) is 1.39. The van der Waals surface area contributed by atoms with Crippen molar-refractivity contribution in [3.63, 3.8) is 0 Å². The number of β-amino-alcohol motifs (C(OH)–C–C–N with tert-alkyl or cyclic N) is 1. The van der Waals surface area contributed by atoms with Crippen molar-refractivity contribution in [1.29, 1.82) is 0 Å². The molecule has 4 heteroatoms. The number of nitrogens with zero attached hydrogens (tertiary/aromatic N) is 1. The molecule has 3 N–H and O–H groups in total. The lowest BCUT2D eigenvalue weighted by atomic mass is 10.1. The standard InChI is InChI=1S/C8H16N2O2/c1-8(2,12)5-10-4-3-6(9)7(10)11/h6,12H,3-5,9H2,1-2H3. The maximum absolute atomic E-state index is 11.3. The molecule has 1 aliphatic rings. The SMILES string of the molecule is CC(C)(O)CN1CCC(N)C1=O. The molecule has 1 fully saturated rings. The molecule has 0 radical (unpaired) electrons. The molecule has 12 heavy (non-hydrogen) atoms. The van der Waals surface area contributed by atoms with E-state index >= 15 is 0 Å². The third-order valence-electron chi connectivity index (χ3n) is 1.92. The van der Waals surface area contributed by atoms with Crippen LogP contribution in [0.5, 0.6) is 0 Å². The number of carbonyl (C=O) groups excluding carboxylic acids is 1. The molecule has 0 aromatic heterocycles. The average molecular weight is 172 g/mol. The number of likely N-dealkylation sites (tertiary alicyclic amines) is 1. The Labute approximate surface area is 72.3 Å². The molecular formula is C8H16N2O2. The highest BCUT2D eigenvalue weighted by Gasteiger charge is 2.31. The van der Waals surface area contributed by atoms with Gasteiger partial charge in [-0.25, -0.2) is 0 Å². The van der Waals surface area contributed by atoms with Gasteiger partial charge < -0.3 is 15.7 Å². The largest absolute Gasteiger partial charge is 0.389 e. The van der Waals surface area contributed by atoms with Crippen molar-refractivity contribution >= 4 is 5.91 Å². The Morgan fingerprint density at radius 3 is 2.67 bits per heavy atom. The number of carbonyl (C=O) groups is 1. The van der Waals surface area contributed by atoms with Gasteiger partial charge in [0.05, 0.1) is 11.6 Å². The van der Waals surface area contributed by atoms with Crippen LogP contribution in [0.4, 0.5) is 0 Å². The first kappa shape index (κ1) is 9.48. The predicted octanol–water partition coefficient (Wildman–Crippen LogP) is -0.683. The van der Waals surface area contributed by atoms with Gasteiger partial charge in [-0.15, -0.1) is 0 Å². The molecule has 70 valence electrons. The van der Waals surface area contributed by atoms with Gasteiger partial charge in [0.15, 0.2) is 0 Å². The van der Waals surface area contributed by atoms with Gasteiger partial charge in [0.1, 0.15) is 0 Å². The Morgan fingerprint density at radius 1 is 1.75 bits per heavy atom.